The highest BCUT2D eigenvalue weighted by Gasteiger charge is 2.12. The van der Waals surface area contributed by atoms with Gasteiger partial charge >= 0.3 is 0 Å². The van der Waals surface area contributed by atoms with Crippen LogP contribution < -0.4 is 0 Å². The van der Waals surface area contributed by atoms with Crippen LogP contribution in [0.1, 0.15) is 11.4 Å². The first-order valence-corrected chi connectivity index (χ1v) is 5.20. The summed E-state index contributed by atoms with van der Waals surface area (Å²) in [5.74, 6) is 0. The molecule has 0 aromatic carbocycles. The van der Waals surface area contributed by atoms with Crippen LogP contribution in [0.5, 0.6) is 0 Å². The van der Waals surface area contributed by atoms with Crippen molar-refractivity contribution in [2.45, 2.75) is 18.9 Å². The fourth-order valence-corrected chi connectivity index (χ4v) is 1.38. The number of hydrogen-bond donors (Lipinski definition) is 0. The molecule has 70 valence electrons. The molecule has 1 heterocycles. The Morgan fingerprint density at radius 1 is 1.38 bits per heavy atom. The zero-order chi connectivity index (χ0) is 10.1. The summed E-state index contributed by atoms with van der Waals surface area (Å²) >= 11 is 0. The van der Waals surface area contributed by atoms with Crippen LogP contribution in [0.15, 0.2) is 23.2 Å². The highest BCUT2D eigenvalue weighted by atomic mass is 32.2. The zero-order valence-corrected chi connectivity index (χ0v) is 8.30. The van der Waals surface area contributed by atoms with E-state index in [0.29, 0.717) is 5.69 Å². The largest absolute Gasteiger partial charge is 0.257 e. The van der Waals surface area contributed by atoms with Crippen molar-refractivity contribution in [1.29, 1.82) is 0 Å². The second-order valence-corrected chi connectivity index (χ2v) is 4.43. The van der Waals surface area contributed by atoms with Crippen molar-refractivity contribution < 1.29 is 8.42 Å². The molecule has 0 amide bonds. The van der Waals surface area contributed by atoms with E-state index in [0.717, 1.165) is 11.1 Å². The summed E-state index contributed by atoms with van der Waals surface area (Å²) in [6.07, 6.45) is 1.24. The molecule has 0 aliphatic rings. The number of rotatable bonds is 2. The molecule has 0 spiro atoms. The van der Waals surface area contributed by atoms with Crippen molar-refractivity contribution in [2.75, 3.05) is 0 Å². The molecule has 0 unspecified atom stereocenters. The summed E-state index contributed by atoms with van der Waals surface area (Å²) in [5, 5.41) is 0.816. The maximum Gasteiger partial charge on any atom is 0.218 e. The molecule has 0 bridgehead atoms. The van der Waals surface area contributed by atoms with Crippen LogP contribution in [0.2, 0.25) is 0 Å². The lowest BCUT2D eigenvalue weighted by molar-refractivity contribution is 0.600. The minimum atomic E-state index is -3.45. The number of aromatic nitrogens is 2. The molecule has 1 aromatic heterocycles. The minimum absolute atomic E-state index is 0.0504. The summed E-state index contributed by atoms with van der Waals surface area (Å²) in [4.78, 5) is 7.80. The molecule has 0 aliphatic carbocycles. The zero-order valence-electron chi connectivity index (χ0n) is 7.48. The fraction of sp³-hybridized carbons (Fsp3) is 0.250. The number of nitrogens with zero attached hydrogens (tertiary/aromatic N) is 2. The van der Waals surface area contributed by atoms with Gasteiger partial charge in [-0.3, -0.25) is 4.98 Å². The average molecular weight is 198 g/mol. The van der Waals surface area contributed by atoms with Crippen molar-refractivity contribution in [3.63, 3.8) is 0 Å². The number of aryl methyl sites for hydroxylation is 2. The fourth-order valence-electron chi connectivity index (χ4n) is 0.743. The first-order valence-electron chi connectivity index (χ1n) is 3.65. The second kappa shape index (κ2) is 3.26. The molecule has 0 aliphatic heterocycles. The van der Waals surface area contributed by atoms with E-state index < -0.39 is 9.84 Å². The predicted octanol–water partition coefficient (Wildman–Crippen LogP) is 1.01. The van der Waals surface area contributed by atoms with Gasteiger partial charge in [-0.15, -0.1) is 0 Å². The third-order valence-electron chi connectivity index (χ3n) is 1.68. The highest BCUT2D eigenvalue weighted by molar-refractivity contribution is 7.94. The lowest BCUT2D eigenvalue weighted by Gasteiger charge is -2.00. The second-order valence-electron chi connectivity index (χ2n) is 2.59. The molecular formula is C8H10N2O2S. The highest BCUT2D eigenvalue weighted by Crippen LogP contribution is 2.09. The monoisotopic (exact) mass is 198 g/mol. The summed E-state index contributed by atoms with van der Waals surface area (Å²) < 4.78 is 22.5. The third kappa shape index (κ3) is 1.92. The predicted molar refractivity (Wildman–Crippen MR) is 48.9 cm³/mol. The Bertz CT molecular complexity index is 437. The topological polar surface area (TPSA) is 59.9 Å². The van der Waals surface area contributed by atoms with E-state index in [1.807, 2.05) is 0 Å². The van der Waals surface area contributed by atoms with Gasteiger partial charge in [0, 0.05) is 5.41 Å². The van der Waals surface area contributed by atoms with Gasteiger partial charge in [0.05, 0.1) is 17.6 Å². The van der Waals surface area contributed by atoms with Gasteiger partial charge in [-0.1, -0.05) is 6.58 Å². The molecule has 0 atom stereocenters. The van der Waals surface area contributed by atoms with Crippen LogP contribution >= 0.6 is 0 Å². The summed E-state index contributed by atoms with van der Waals surface area (Å²) in [7, 11) is -3.45. The number of sulfone groups is 1. The van der Waals surface area contributed by atoms with Gasteiger partial charge in [-0.05, 0) is 13.8 Å². The van der Waals surface area contributed by atoms with E-state index in [1.165, 1.54) is 6.20 Å². The van der Waals surface area contributed by atoms with E-state index in [-0.39, 0.29) is 5.03 Å². The average Bonchev–Trinajstić information content (AvgIpc) is 2.09. The maximum atomic E-state index is 11.2. The van der Waals surface area contributed by atoms with Crippen LogP contribution in [-0.2, 0) is 9.84 Å². The summed E-state index contributed by atoms with van der Waals surface area (Å²) in [6, 6.07) is 0. The van der Waals surface area contributed by atoms with Gasteiger partial charge in [-0.2, -0.15) is 0 Å². The van der Waals surface area contributed by atoms with Gasteiger partial charge in [0.25, 0.3) is 0 Å². The molecule has 0 N–H and O–H groups in total. The first-order chi connectivity index (χ1) is 5.97. The molecular weight excluding hydrogens is 188 g/mol. The van der Waals surface area contributed by atoms with Crippen molar-refractivity contribution in [1.82, 2.24) is 9.97 Å². The molecule has 0 radical (unpaired) electrons. The summed E-state index contributed by atoms with van der Waals surface area (Å²) in [6.45, 7) is 6.69. The molecule has 4 nitrogen and oxygen atoms in total. The molecule has 0 saturated heterocycles. The Morgan fingerprint density at radius 3 is 2.46 bits per heavy atom. The minimum Gasteiger partial charge on any atom is -0.257 e. The van der Waals surface area contributed by atoms with Crippen LogP contribution in [0.4, 0.5) is 0 Å². The molecule has 0 fully saturated rings. The lowest BCUT2D eigenvalue weighted by Crippen LogP contribution is -2.03. The summed E-state index contributed by atoms with van der Waals surface area (Å²) in [5.41, 5.74) is 1.34. The van der Waals surface area contributed by atoms with Crippen molar-refractivity contribution in [3.8, 4) is 0 Å². The van der Waals surface area contributed by atoms with E-state index in [1.54, 1.807) is 13.8 Å². The van der Waals surface area contributed by atoms with E-state index in [2.05, 4.69) is 16.5 Å². The molecule has 1 aromatic rings. The van der Waals surface area contributed by atoms with Gasteiger partial charge < -0.3 is 0 Å². The third-order valence-corrected chi connectivity index (χ3v) is 2.90. The maximum absolute atomic E-state index is 11.2. The first kappa shape index (κ1) is 9.85. The van der Waals surface area contributed by atoms with Crippen LogP contribution in [-0.4, -0.2) is 18.4 Å². The normalized spacial score (nSPS) is 11.2. The standard InChI is InChI=1S/C8H10N2O2S/c1-4-13(11,12)8-5-9-6(2)7(3)10-8/h4-5H,1H2,2-3H3. The number of hydrogen-bond acceptors (Lipinski definition) is 4. The van der Waals surface area contributed by atoms with Crippen LogP contribution in [0, 0.1) is 13.8 Å². The Balaban J connectivity index is 3.35. The van der Waals surface area contributed by atoms with Gasteiger partial charge in [-0.25, -0.2) is 13.4 Å². The van der Waals surface area contributed by atoms with Gasteiger partial charge in [0.1, 0.15) is 0 Å². The lowest BCUT2D eigenvalue weighted by atomic mass is 10.4. The Hall–Kier alpha value is -1.23. The van der Waals surface area contributed by atoms with E-state index in [4.69, 9.17) is 0 Å². The SMILES string of the molecule is C=CS(=O)(=O)c1cnc(C)c(C)n1. The molecule has 0 saturated carbocycles. The Kier molecular flexibility index (Phi) is 2.47. The van der Waals surface area contributed by atoms with Crippen molar-refractivity contribution in [3.05, 3.63) is 29.6 Å². The quantitative estimate of drug-likeness (QED) is 0.711. The van der Waals surface area contributed by atoms with Crippen molar-refractivity contribution in [2.24, 2.45) is 0 Å². The van der Waals surface area contributed by atoms with Crippen LogP contribution in [0.25, 0.3) is 0 Å². The Labute approximate surface area is 77.3 Å². The molecule has 5 heteroatoms. The van der Waals surface area contributed by atoms with E-state index >= 15 is 0 Å². The molecule has 1 rings (SSSR count). The molecule has 13 heavy (non-hydrogen) atoms. The van der Waals surface area contributed by atoms with Crippen LogP contribution in [0.3, 0.4) is 0 Å². The van der Waals surface area contributed by atoms with Gasteiger partial charge in [0.2, 0.25) is 9.84 Å². The smallest absolute Gasteiger partial charge is 0.218 e. The van der Waals surface area contributed by atoms with Crippen molar-refractivity contribution >= 4 is 9.84 Å². The van der Waals surface area contributed by atoms with Gasteiger partial charge in [0.15, 0.2) is 5.03 Å². The Morgan fingerprint density at radius 2 is 2.00 bits per heavy atom. The van der Waals surface area contributed by atoms with E-state index in [9.17, 15) is 8.42 Å².